The minimum absolute atomic E-state index is 0.0744. The molecular formula is C21H23N3O2S2. The van der Waals surface area contributed by atoms with Gasteiger partial charge in [0.1, 0.15) is 16.8 Å². The normalized spacial score (nSPS) is 15.5. The third-order valence-corrected chi connectivity index (χ3v) is 5.94. The summed E-state index contributed by atoms with van der Waals surface area (Å²) in [6, 6.07) is 9.20. The summed E-state index contributed by atoms with van der Waals surface area (Å²) in [5.41, 5.74) is 2.27. The summed E-state index contributed by atoms with van der Waals surface area (Å²) in [5, 5.41) is 16.2. The molecule has 7 heteroatoms. The number of nitrogens with zero attached hydrogens (tertiary/aromatic N) is 1. The Balaban J connectivity index is 1.66. The second kappa shape index (κ2) is 8.72. The highest BCUT2D eigenvalue weighted by atomic mass is 32.1. The number of fused-ring (bicyclic) bond motifs is 1. The van der Waals surface area contributed by atoms with Gasteiger partial charge in [-0.2, -0.15) is 5.26 Å². The van der Waals surface area contributed by atoms with Crippen LogP contribution in [0.1, 0.15) is 53.6 Å². The van der Waals surface area contributed by atoms with Gasteiger partial charge in [0.15, 0.2) is 5.11 Å². The molecule has 0 radical (unpaired) electrons. The highest BCUT2D eigenvalue weighted by molar-refractivity contribution is 7.80. The van der Waals surface area contributed by atoms with Crippen molar-refractivity contribution in [2.45, 2.75) is 46.1 Å². The van der Waals surface area contributed by atoms with Gasteiger partial charge in [0.25, 0.3) is 5.91 Å². The number of ether oxygens (including phenoxy) is 1. The molecule has 0 saturated carbocycles. The maximum Gasteiger partial charge on any atom is 0.257 e. The smallest absolute Gasteiger partial charge is 0.257 e. The number of nitriles is 1. The number of hydrogen-bond donors (Lipinski definition) is 2. The zero-order chi connectivity index (χ0) is 20.3. The molecule has 1 atom stereocenters. The third-order valence-electron chi connectivity index (χ3n) is 4.57. The molecule has 0 saturated heterocycles. The van der Waals surface area contributed by atoms with E-state index in [1.807, 2.05) is 13.8 Å². The lowest BCUT2D eigenvalue weighted by Crippen LogP contribution is -2.34. The molecule has 0 aliphatic heterocycles. The fourth-order valence-corrected chi connectivity index (χ4v) is 4.85. The number of carbonyl (C=O) groups excluding carboxylic acids is 1. The first kappa shape index (κ1) is 20.3. The van der Waals surface area contributed by atoms with Gasteiger partial charge in [-0.15, -0.1) is 11.3 Å². The van der Waals surface area contributed by atoms with Crippen molar-refractivity contribution in [3.63, 3.8) is 0 Å². The van der Waals surface area contributed by atoms with Crippen molar-refractivity contribution in [2.24, 2.45) is 5.92 Å². The number of hydrogen-bond acceptors (Lipinski definition) is 5. The first-order chi connectivity index (χ1) is 13.4. The lowest BCUT2D eigenvalue weighted by atomic mass is 9.89. The molecule has 2 aromatic rings. The molecule has 3 rings (SSSR count). The number of rotatable bonds is 4. The lowest BCUT2D eigenvalue weighted by molar-refractivity contribution is 0.0977. The van der Waals surface area contributed by atoms with Crippen LogP contribution in [-0.4, -0.2) is 17.1 Å². The first-order valence-electron chi connectivity index (χ1n) is 9.31. The summed E-state index contributed by atoms with van der Waals surface area (Å²) in [6.45, 7) is 6.12. The monoisotopic (exact) mass is 413 g/mol. The van der Waals surface area contributed by atoms with E-state index in [2.05, 4.69) is 23.6 Å². The van der Waals surface area contributed by atoms with Crippen LogP contribution >= 0.6 is 23.6 Å². The van der Waals surface area contributed by atoms with Gasteiger partial charge in [0.05, 0.1) is 11.7 Å². The Morgan fingerprint density at radius 3 is 2.71 bits per heavy atom. The Labute approximate surface area is 174 Å². The maximum absolute atomic E-state index is 12.4. The van der Waals surface area contributed by atoms with Gasteiger partial charge in [-0.1, -0.05) is 6.92 Å². The number of benzene rings is 1. The molecule has 1 aliphatic carbocycles. The van der Waals surface area contributed by atoms with Crippen LogP contribution in [0.5, 0.6) is 5.75 Å². The second-order valence-electron chi connectivity index (χ2n) is 7.27. The maximum atomic E-state index is 12.4. The van der Waals surface area contributed by atoms with Crippen LogP contribution in [0.25, 0.3) is 0 Å². The molecule has 1 amide bonds. The Kier molecular flexibility index (Phi) is 6.32. The van der Waals surface area contributed by atoms with E-state index in [1.165, 1.54) is 4.88 Å². The summed E-state index contributed by atoms with van der Waals surface area (Å²) in [6.07, 6.45) is 3.07. The van der Waals surface area contributed by atoms with Gasteiger partial charge in [0.2, 0.25) is 0 Å². The fourth-order valence-electron chi connectivity index (χ4n) is 3.22. The number of thiophene rings is 1. The van der Waals surface area contributed by atoms with Crippen LogP contribution < -0.4 is 15.4 Å². The molecule has 1 aliphatic rings. The van der Waals surface area contributed by atoms with Gasteiger partial charge in [-0.3, -0.25) is 10.1 Å². The zero-order valence-electron chi connectivity index (χ0n) is 16.2. The minimum atomic E-state index is -0.304. The number of amides is 1. The zero-order valence-corrected chi connectivity index (χ0v) is 17.8. The molecule has 0 spiro atoms. The van der Waals surface area contributed by atoms with Crippen molar-refractivity contribution in [1.82, 2.24) is 5.32 Å². The van der Waals surface area contributed by atoms with E-state index in [-0.39, 0.29) is 17.1 Å². The van der Waals surface area contributed by atoms with Crippen molar-refractivity contribution in [2.75, 3.05) is 5.32 Å². The number of nitrogens with one attached hydrogen (secondary N) is 2. The van der Waals surface area contributed by atoms with Gasteiger partial charge in [-0.05, 0) is 81.1 Å². The van der Waals surface area contributed by atoms with Crippen LogP contribution in [0.15, 0.2) is 24.3 Å². The lowest BCUT2D eigenvalue weighted by Gasteiger charge is -2.17. The highest BCUT2D eigenvalue weighted by Gasteiger charge is 2.24. The Hall–Kier alpha value is -2.43. The number of anilines is 1. The van der Waals surface area contributed by atoms with Crippen LogP contribution in [0.2, 0.25) is 0 Å². The molecule has 1 heterocycles. The van der Waals surface area contributed by atoms with Crippen LogP contribution in [0.4, 0.5) is 5.00 Å². The molecule has 2 N–H and O–H groups in total. The molecule has 0 fully saturated rings. The summed E-state index contributed by atoms with van der Waals surface area (Å²) in [4.78, 5) is 13.7. The molecule has 146 valence electrons. The topological polar surface area (TPSA) is 74.2 Å². The van der Waals surface area contributed by atoms with Crippen molar-refractivity contribution in [3.8, 4) is 11.8 Å². The van der Waals surface area contributed by atoms with Crippen LogP contribution in [-0.2, 0) is 12.8 Å². The minimum Gasteiger partial charge on any atom is -0.491 e. The third kappa shape index (κ3) is 4.70. The number of carbonyl (C=O) groups is 1. The predicted molar refractivity (Wildman–Crippen MR) is 116 cm³/mol. The molecule has 1 aromatic heterocycles. The Morgan fingerprint density at radius 2 is 2.07 bits per heavy atom. The second-order valence-corrected chi connectivity index (χ2v) is 8.78. The van der Waals surface area contributed by atoms with Gasteiger partial charge in [-0.25, -0.2) is 0 Å². The van der Waals surface area contributed by atoms with Gasteiger partial charge >= 0.3 is 0 Å². The summed E-state index contributed by atoms with van der Waals surface area (Å²) >= 11 is 6.86. The van der Waals surface area contributed by atoms with Crippen LogP contribution in [0.3, 0.4) is 0 Å². The highest BCUT2D eigenvalue weighted by Crippen LogP contribution is 2.39. The average molecular weight is 414 g/mol. The fraction of sp³-hybridized carbons (Fsp3) is 0.381. The van der Waals surface area contributed by atoms with Crippen LogP contribution in [0, 0.1) is 17.2 Å². The predicted octanol–water partition coefficient (Wildman–Crippen LogP) is 4.66. The molecule has 0 unspecified atom stereocenters. The Morgan fingerprint density at radius 1 is 1.36 bits per heavy atom. The SMILES string of the molecule is CC(C)Oc1ccc(C(=O)NC(=S)Nc2sc3c(c2C#N)CC[C@H](C)C3)cc1. The van der Waals surface area contributed by atoms with Crippen molar-refractivity contribution >= 4 is 39.6 Å². The quantitative estimate of drug-likeness (QED) is 0.713. The van der Waals surface area contributed by atoms with Crippen molar-refractivity contribution in [3.05, 3.63) is 45.8 Å². The van der Waals surface area contributed by atoms with E-state index in [1.54, 1.807) is 35.6 Å². The Bertz CT molecular complexity index is 926. The van der Waals surface area contributed by atoms with Gasteiger partial charge < -0.3 is 10.1 Å². The van der Waals surface area contributed by atoms with Gasteiger partial charge in [0, 0.05) is 10.4 Å². The summed E-state index contributed by atoms with van der Waals surface area (Å²) in [5.74, 6) is 1.03. The first-order valence-corrected chi connectivity index (χ1v) is 10.5. The van der Waals surface area contributed by atoms with E-state index in [4.69, 9.17) is 17.0 Å². The van der Waals surface area contributed by atoms with E-state index < -0.39 is 0 Å². The van der Waals surface area contributed by atoms with E-state index in [0.29, 0.717) is 27.8 Å². The summed E-state index contributed by atoms with van der Waals surface area (Å²) < 4.78 is 5.58. The molecule has 28 heavy (non-hydrogen) atoms. The molecule has 1 aromatic carbocycles. The largest absolute Gasteiger partial charge is 0.491 e. The van der Waals surface area contributed by atoms with Crippen molar-refractivity contribution in [1.29, 1.82) is 5.26 Å². The van der Waals surface area contributed by atoms with E-state index in [0.717, 1.165) is 24.8 Å². The molecule has 0 bridgehead atoms. The van der Waals surface area contributed by atoms with Crippen molar-refractivity contribution < 1.29 is 9.53 Å². The average Bonchev–Trinajstić information content (AvgIpc) is 2.97. The molecule has 5 nitrogen and oxygen atoms in total. The standard InChI is InChI=1S/C21H23N3O2S2/c1-12(2)26-15-7-5-14(6-8-15)19(25)23-21(27)24-20-17(11-22)16-9-4-13(3)10-18(16)28-20/h5-8,12-13H,4,9-10H2,1-3H3,(H2,23,24,25,27)/t13-/m0/s1. The summed E-state index contributed by atoms with van der Waals surface area (Å²) in [7, 11) is 0. The van der Waals surface area contributed by atoms with E-state index >= 15 is 0 Å². The van der Waals surface area contributed by atoms with E-state index in [9.17, 15) is 10.1 Å². The number of thiocarbonyl (C=S) groups is 1. The molecular weight excluding hydrogens is 390 g/mol.